The van der Waals surface area contributed by atoms with Gasteiger partial charge in [0.1, 0.15) is 18.0 Å². The van der Waals surface area contributed by atoms with E-state index in [2.05, 4.69) is 5.32 Å². The van der Waals surface area contributed by atoms with Crippen molar-refractivity contribution in [2.75, 3.05) is 26.0 Å². The minimum atomic E-state index is -0.373. The SMILES string of the molecule is COc1ccc(OCC(=O)NCC#N)c(N)c1. The molecule has 0 bridgehead atoms. The van der Waals surface area contributed by atoms with Crippen LogP contribution in [0.1, 0.15) is 0 Å². The molecule has 90 valence electrons. The predicted octanol–water partition coefficient (Wildman–Crippen LogP) is 0.296. The van der Waals surface area contributed by atoms with Crippen molar-refractivity contribution >= 4 is 11.6 Å². The molecule has 1 aromatic carbocycles. The maximum Gasteiger partial charge on any atom is 0.258 e. The first-order valence-electron chi connectivity index (χ1n) is 4.87. The highest BCUT2D eigenvalue weighted by Gasteiger charge is 2.05. The Labute approximate surface area is 98.9 Å². The summed E-state index contributed by atoms with van der Waals surface area (Å²) in [5.41, 5.74) is 6.08. The van der Waals surface area contributed by atoms with E-state index in [1.54, 1.807) is 24.3 Å². The number of nitriles is 1. The van der Waals surface area contributed by atoms with Crippen LogP contribution in [-0.2, 0) is 4.79 Å². The van der Waals surface area contributed by atoms with Crippen molar-refractivity contribution in [1.82, 2.24) is 5.32 Å². The lowest BCUT2D eigenvalue weighted by atomic mass is 10.3. The number of amides is 1. The largest absolute Gasteiger partial charge is 0.497 e. The van der Waals surface area contributed by atoms with Gasteiger partial charge in [0.05, 0.1) is 18.9 Å². The van der Waals surface area contributed by atoms with Crippen LogP contribution in [0.15, 0.2) is 18.2 Å². The van der Waals surface area contributed by atoms with Gasteiger partial charge in [-0.2, -0.15) is 5.26 Å². The van der Waals surface area contributed by atoms with Gasteiger partial charge in [-0.1, -0.05) is 0 Å². The molecule has 17 heavy (non-hydrogen) atoms. The highest BCUT2D eigenvalue weighted by atomic mass is 16.5. The van der Waals surface area contributed by atoms with E-state index in [0.717, 1.165) is 0 Å². The van der Waals surface area contributed by atoms with Gasteiger partial charge in [0, 0.05) is 6.07 Å². The zero-order valence-electron chi connectivity index (χ0n) is 9.40. The lowest BCUT2D eigenvalue weighted by molar-refractivity contribution is -0.122. The van der Waals surface area contributed by atoms with Crippen LogP contribution in [0.25, 0.3) is 0 Å². The van der Waals surface area contributed by atoms with Gasteiger partial charge in [-0.15, -0.1) is 0 Å². The summed E-state index contributed by atoms with van der Waals surface area (Å²) >= 11 is 0. The molecule has 0 fully saturated rings. The van der Waals surface area contributed by atoms with Crippen molar-refractivity contribution in [2.45, 2.75) is 0 Å². The third-order valence-electron chi connectivity index (χ3n) is 1.94. The topological polar surface area (TPSA) is 97.4 Å². The minimum absolute atomic E-state index is 0.0414. The maximum atomic E-state index is 11.2. The number of benzene rings is 1. The van der Waals surface area contributed by atoms with Crippen molar-refractivity contribution < 1.29 is 14.3 Å². The standard InChI is InChI=1S/C11H13N3O3/c1-16-8-2-3-10(9(13)6-8)17-7-11(15)14-5-4-12/h2-3,6H,5,7,13H2,1H3,(H,14,15). The number of nitrogen functional groups attached to an aromatic ring is 1. The second-order valence-corrected chi connectivity index (χ2v) is 3.13. The third-order valence-corrected chi connectivity index (χ3v) is 1.94. The molecule has 0 aromatic heterocycles. The third kappa shape index (κ3) is 3.91. The second kappa shape index (κ2) is 6.23. The molecular formula is C11H13N3O3. The van der Waals surface area contributed by atoms with Crippen molar-refractivity contribution in [2.24, 2.45) is 0 Å². The molecule has 0 spiro atoms. The molecule has 1 rings (SSSR count). The molecule has 3 N–H and O–H groups in total. The zero-order chi connectivity index (χ0) is 12.7. The number of anilines is 1. The molecule has 1 aromatic rings. The summed E-state index contributed by atoms with van der Waals surface area (Å²) in [5.74, 6) is 0.642. The highest BCUT2D eigenvalue weighted by Crippen LogP contribution is 2.25. The molecule has 0 aliphatic heterocycles. The Hall–Kier alpha value is -2.42. The lowest BCUT2D eigenvalue weighted by Gasteiger charge is -2.09. The van der Waals surface area contributed by atoms with Crippen LogP contribution in [0.3, 0.4) is 0 Å². The summed E-state index contributed by atoms with van der Waals surface area (Å²) < 4.78 is 10.2. The van der Waals surface area contributed by atoms with Crippen LogP contribution < -0.4 is 20.5 Å². The van der Waals surface area contributed by atoms with Gasteiger partial charge < -0.3 is 20.5 Å². The predicted molar refractivity (Wildman–Crippen MR) is 61.5 cm³/mol. The van der Waals surface area contributed by atoms with E-state index in [-0.39, 0.29) is 19.1 Å². The Morgan fingerprint density at radius 3 is 2.94 bits per heavy atom. The summed E-state index contributed by atoms with van der Waals surface area (Å²) in [6.45, 7) is -0.224. The molecular weight excluding hydrogens is 222 g/mol. The fourth-order valence-corrected chi connectivity index (χ4v) is 1.12. The van der Waals surface area contributed by atoms with E-state index in [4.69, 9.17) is 20.5 Å². The molecule has 6 heteroatoms. The van der Waals surface area contributed by atoms with E-state index in [1.165, 1.54) is 7.11 Å². The van der Waals surface area contributed by atoms with Gasteiger partial charge in [0.15, 0.2) is 6.61 Å². The monoisotopic (exact) mass is 235 g/mol. The van der Waals surface area contributed by atoms with Crippen LogP contribution in [-0.4, -0.2) is 26.2 Å². The Morgan fingerprint density at radius 2 is 2.35 bits per heavy atom. The first-order valence-corrected chi connectivity index (χ1v) is 4.87. The number of nitrogens with zero attached hydrogens (tertiary/aromatic N) is 1. The first-order chi connectivity index (χ1) is 8.17. The molecule has 0 saturated carbocycles. The Kier molecular flexibility index (Phi) is 4.63. The number of carbonyl (C=O) groups excluding carboxylic acids is 1. The number of hydrogen-bond donors (Lipinski definition) is 2. The summed E-state index contributed by atoms with van der Waals surface area (Å²) in [7, 11) is 1.53. The molecule has 6 nitrogen and oxygen atoms in total. The van der Waals surface area contributed by atoms with E-state index >= 15 is 0 Å². The van der Waals surface area contributed by atoms with Gasteiger partial charge in [-0.25, -0.2) is 0 Å². The van der Waals surface area contributed by atoms with Crippen molar-refractivity contribution in [3.05, 3.63) is 18.2 Å². The molecule has 1 amide bonds. The Bertz CT molecular complexity index is 440. The average Bonchev–Trinajstić information content (AvgIpc) is 2.34. The molecule has 0 aliphatic rings. The minimum Gasteiger partial charge on any atom is -0.497 e. The summed E-state index contributed by atoms with van der Waals surface area (Å²) in [6.07, 6.45) is 0. The molecule has 0 radical (unpaired) electrons. The number of nitrogens with one attached hydrogen (secondary N) is 1. The molecule has 0 aliphatic carbocycles. The highest BCUT2D eigenvalue weighted by molar-refractivity contribution is 5.78. The smallest absolute Gasteiger partial charge is 0.258 e. The van der Waals surface area contributed by atoms with Gasteiger partial charge in [-0.3, -0.25) is 4.79 Å². The van der Waals surface area contributed by atoms with Crippen LogP contribution in [0.2, 0.25) is 0 Å². The normalized spacial score (nSPS) is 9.18. The number of methoxy groups -OCH3 is 1. The van der Waals surface area contributed by atoms with Crippen LogP contribution in [0, 0.1) is 11.3 Å². The molecule has 0 atom stereocenters. The molecule has 0 unspecified atom stereocenters. The van der Waals surface area contributed by atoms with Crippen LogP contribution in [0.4, 0.5) is 5.69 Å². The Balaban J connectivity index is 2.52. The van der Waals surface area contributed by atoms with E-state index in [0.29, 0.717) is 17.2 Å². The van der Waals surface area contributed by atoms with Gasteiger partial charge in [0.25, 0.3) is 5.91 Å². The number of hydrogen-bond acceptors (Lipinski definition) is 5. The lowest BCUT2D eigenvalue weighted by Crippen LogP contribution is -2.29. The molecule has 0 heterocycles. The summed E-state index contributed by atoms with van der Waals surface area (Å²) in [5, 5.41) is 10.6. The second-order valence-electron chi connectivity index (χ2n) is 3.13. The maximum absolute atomic E-state index is 11.2. The average molecular weight is 235 g/mol. The number of rotatable bonds is 5. The molecule has 0 saturated heterocycles. The van der Waals surface area contributed by atoms with E-state index < -0.39 is 0 Å². The summed E-state index contributed by atoms with van der Waals surface area (Å²) in [4.78, 5) is 11.2. The van der Waals surface area contributed by atoms with Gasteiger partial charge in [-0.05, 0) is 12.1 Å². The van der Waals surface area contributed by atoms with Crippen LogP contribution >= 0.6 is 0 Å². The van der Waals surface area contributed by atoms with Crippen LogP contribution in [0.5, 0.6) is 11.5 Å². The number of carbonyl (C=O) groups is 1. The van der Waals surface area contributed by atoms with Gasteiger partial charge in [0.2, 0.25) is 0 Å². The Morgan fingerprint density at radius 1 is 1.59 bits per heavy atom. The fraction of sp³-hybridized carbons (Fsp3) is 0.273. The van der Waals surface area contributed by atoms with Crippen molar-refractivity contribution in [3.8, 4) is 17.6 Å². The van der Waals surface area contributed by atoms with E-state index in [1.807, 2.05) is 0 Å². The van der Waals surface area contributed by atoms with Gasteiger partial charge >= 0.3 is 0 Å². The van der Waals surface area contributed by atoms with Crippen molar-refractivity contribution in [1.29, 1.82) is 5.26 Å². The van der Waals surface area contributed by atoms with Crippen molar-refractivity contribution in [3.63, 3.8) is 0 Å². The number of ether oxygens (including phenoxy) is 2. The first kappa shape index (κ1) is 12.6. The van der Waals surface area contributed by atoms with E-state index in [9.17, 15) is 4.79 Å². The number of nitrogens with two attached hydrogens (primary N) is 1. The fourth-order valence-electron chi connectivity index (χ4n) is 1.12. The summed E-state index contributed by atoms with van der Waals surface area (Å²) in [6, 6.07) is 6.69. The zero-order valence-corrected chi connectivity index (χ0v) is 9.40. The quantitative estimate of drug-likeness (QED) is 0.565.